The molecule has 1 amide bonds. The summed E-state index contributed by atoms with van der Waals surface area (Å²) in [6, 6.07) is 13.0. The summed E-state index contributed by atoms with van der Waals surface area (Å²) in [5, 5.41) is 2.89. The molecular weight excluding hydrogens is 281 g/mol. The highest BCUT2D eigenvalue weighted by Gasteiger charge is 2.17. The maximum absolute atomic E-state index is 12.9. The molecule has 5 heteroatoms. The average molecular weight is 297 g/mol. The Bertz CT molecular complexity index is 824. The molecule has 2 aromatic carbocycles. The van der Waals surface area contributed by atoms with Gasteiger partial charge >= 0.3 is 0 Å². The van der Waals surface area contributed by atoms with E-state index in [4.69, 9.17) is 0 Å². The van der Waals surface area contributed by atoms with Crippen LogP contribution in [0.2, 0.25) is 0 Å². The fourth-order valence-corrected chi connectivity index (χ4v) is 2.50. The number of hydrogen-bond donors (Lipinski definition) is 1. The molecule has 22 heavy (non-hydrogen) atoms. The summed E-state index contributed by atoms with van der Waals surface area (Å²) in [4.78, 5) is 16.8. The maximum atomic E-state index is 12.9. The van der Waals surface area contributed by atoms with Gasteiger partial charge in [0.1, 0.15) is 11.6 Å². The van der Waals surface area contributed by atoms with Crippen LogP contribution in [0.15, 0.2) is 48.5 Å². The van der Waals surface area contributed by atoms with Crippen LogP contribution >= 0.6 is 0 Å². The lowest BCUT2D eigenvalue weighted by atomic mass is 10.2. The Hall–Kier alpha value is -2.69. The van der Waals surface area contributed by atoms with Crippen molar-refractivity contribution in [3.63, 3.8) is 0 Å². The topological polar surface area (TPSA) is 46.9 Å². The fraction of sp³-hybridized carbons (Fsp3) is 0.176. The molecule has 0 radical (unpaired) electrons. The third-order valence-electron chi connectivity index (χ3n) is 3.66. The number of carbonyl (C=O) groups is 1. The highest BCUT2D eigenvalue weighted by Crippen LogP contribution is 2.19. The lowest BCUT2D eigenvalue weighted by Crippen LogP contribution is -2.28. The number of amides is 1. The number of aryl methyl sites for hydroxylation is 1. The zero-order chi connectivity index (χ0) is 15.7. The smallest absolute Gasteiger partial charge is 0.251 e. The van der Waals surface area contributed by atoms with Crippen molar-refractivity contribution in [1.82, 2.24) is 14.9 Å². The van der Waals surface area contributed by atoms with Crippen molar-refractivity contribution < 1.29 is 9.18 Å². The van der Waals surface area contributed by atoms with Crippen LogP contribution < -0.4 is 5.32 Å². The largest absolute Gasteiger partial charge is 0.342 e. The molecule has 1 heterocycles. The Kier molecular flexibility index (Phi) is 3.63. The van der Waals surface area contributed by atoms with Gasteiger partial charge in [-0.3, -0.25) is 4.79 Å². The minimum atomic E-state index is -0.361. The number of fused-ring (bicyclic) bond motifs is 1. The van der Waals surface area contributed by atoms with Gasteiger partial charge in [0, 0.05) is 12.6 Å². The zero-order valence-electron chi connectivity index (χ0n) is 12.4. The Balaban J connectivity index is 1.83. The van der Waals surface area contributed by atoms with Crippen molar-refractivity contribution in [3.8, 4) is 0 Å². The van der Waals surface area contributed by atoms with E-state index < -0.39 is 0 Å². The van der Waals surface area contributed by atoms with Gasteiger partial charge in [0.2, 0.25) is 0 Å². The summed E-state index contributed by atoms with van der Waals surface area (Å²) < 4.78 is 14.9. The number of halogens is 1. The van der Waals surface area contributed by atoms with E-state index in [9.17, 15) is 9.18 Å². The molecule has 0 aliphatic rings. The summed E-state index contributed by atoms with van der Waals surface area (Å²) in [7, 11) is 1.92. The van der Waals surface area contributed by atoms with Crippen LogP contribution in [-0.4, -0.2) is 15.5 Å². The molecule has 0 aliphatic heterocycles. The summed E-state index contributed by atoms with van der Waals surface area (Å²) in [5.74, 6) is 0.163. The van der Waals surface area contributed by atoms with E-state index in [1.54, 1.807) is 0 Å². The minimum absolute atomic E-state index is 0.250. The SMILES string of the molecule is C[C@@H](NC(=O)c1ccc(F)cc1)c1nc2ccccc2n1C. The quantitative estimate of drug-likeness (QED) is 0.807. The summed E-state index contributed by atoms with van der Waals surface area (Å²) in [6.45, 7) is 1.88. The first-order valence-corrected chi connectivity index (χ1v) is 7.04. The number of hydrogen-bond acceptors (Lipinski definition) is 2. The number of nitrogens with one attached hydrogen (secondary N) is 1. The Morgan fingerprint density at radius 1 is 1.18 bits per heavy atom. The molecule has 1 atom stereocenters. The highest BCUT2D eigenvalue weighted by molar-refractivity contribution is 5.94. The second kappa shape index (κ2) is 5.60. The molecule has 1 aromatic heterocycles. The maximum Gasteiger partial charge on any atom is 0.251 e. The second-order valence-corrected chi connectivity index (χ2v) is 5.22. The molecule has 0 bridgehead atoms. The van der Waals surface area contributed by atoms with Crippen molar-refractivity contribution in [2.45, 2.75) is 13.0 Å². The van der Waals surface area contributed by atoms with Gasteiger partial charge in [-0.1, -0.05) is 12.1 Å². The van der Waals surface area contributed by atoms with Crippen LogP contribution in [0.25, 0.3) is 11.0 Å². The van der Waals surface area contributed by atoms with Gasteiger partial charge in [-0.25, -0.2) is 9.37 Å². The van der Waals surface area contributed by atoms with Crippen LogP contribution in [0.4, 0.5) is 4.39 Å². The summed E-state index contributed by atoms with van der Waals surface area (Å²) >= 11 is 0. The normalized spacial score (nSPS) is 12.3. The van der Waals surface area contributed by atoms with Crippen molar-refractivity contribution >= 4 is 16.9 Å². The van der Waals surface area contributed by atoms with Crippen LogP contribution in [0.5, 0.6) is 0 Å². The van der Waals surface area contributed by atoms with Gasteiger partial charge in [-0.2, -0.15) is 0 Å². The van der Waals surface area contributed by atoms with Crippen LogP contribution in [0, 0.1) is 5.82 Å². The molecule has 1 N–H and O–H groups in total. The highest BCUT2D eigenvalue weighted by atomic mass is 19.1. The molecular formula is C17H16FN3O. The van der Waals surface area contributed by atoms with Gasteiger partial charge in [0.25, 0.3) is 5.91 Å². The van der Waals surface area contributed by atoms with Crippen LogP contribution in [-0.2, 0) is 7.05 Å². The Morgan fingerprint density at radius 2 is 1.86 bits per heavy atom. The van der Waals surface area contributed by atoms with E-state index in [-0.39, 0.29) is 17.8 Å². The minimum Gasteiger partial charge on any atom is -0.342 e. The van der Waals surface area contributed by atoms with Crippen molar-refractivity contribution in [2.24, 2.45) is 7.05 Å². The van der Waals surface area contributed by atoms with Crippen molar-refractivity contribution in [1.29, 1.82) is 0 Å². The molecule has 4 nitrogen and oxygen atoms in total. The second-order valence-electron chi connectivity index (χ2n) is 5.22. The molecule has 0 unspecified atom stereocenters. The van der Waals surface area contributed by atoms with E-state index in [0.717, 1.165) is 16.9 Å². The lowest BCUT2D eigenvalue weighted by molar-refractivity contribution is 0.0938. The third kappa shape index (κ3) is 2.57. The fourth-order valence-electron chi connectivity index (χ4n) is 2.50. The number of imidazole rings is 1. The Morgan fingerprint density at radius 3 is 2.55 bits per heavy atom. The van der Waals surface area contributed by atoms with Gasteiger partial charge in [-0.15, -0.1) is 0 Å². The van der Waals surface area contributed by atoms with Gasteiger partial charge in [0.15, 0.2) is 0 Å². The standard InChI is InChI=1S/C17H16FN3O/c1-11(19-17(22)12-7-9-13(18)10-8-12)16-20-14-5-3-4-6-15(14)21(16)2/h3-11H,1-2H3,(H,19,22)/t11-/m1/s1. The number of carbonyl (C=O) groups excluding carboxylic acids is 1. The molecule has 3 rings (SSSR count). The molecule has 0 spiro atoms. The molecule has 3 aromatic rings. The summed E-state index contributed by atoms with van der Waals surface area (Å²) in [5.41, 5.74) is 2.33. The first-order chi connectivity index (χ1) is 10.6. The van der Waals surface area contributed by atoms with Gasteiger partial charge in [0.05, 0.1) is 17.1 Å². The average Bonchev–Trinajstić information content (AvgIpc) is 2.85. The third-order valence-corrected chi connectivity index (χ3v) is 3.66. The molecule has 0 fully saturated rings. The predicted molar refractivity (Wildman–Crippen MR) is 83.0 cm³/mol. The van der Waals surface area contributed by atoms with E-state index in [0.29, 0.717) is 5.56 Å². The Labute approximate surface area is 127 Å². The molecule has 112 valence electrons. The van der Waals surface area contributed by atoms with E-state index in [1.807, 2.05) is 42.8 Å². The van der Waals surface area contributed by atoms with E-state index in [1.165, 1.54) is 24.3 Å². The lowest BCUT2D eigenvalue weighted by Gasteiger charge is -2.14. The first-order valence-electron chi connectivity index (χ1n) is 7.04. The zero-order valence-corrected chi connectivity index (χ0v) is 12.4. The monoisotopic (exact) mass is 297 g/mol. The molecule has 0 aliphatic carbocycles. The summed E-state index contributed by atoms with van der Waals surface area (Å²) in [6.07, 6.45) is 0. The molecule has 0 saturated heterocycles. The van der Waals surface area contributed by atoms with Gasteiger partial charge < -0.3 is 9.88 Å². The van der Waals surface area contributed by atoms with Gasteiger partial charge in [-0.05, 0) is 43.3 Å². The van der Waals surface area contributed by atoms with Crippen LogP contribution in [0.3, 0.4) is 0 Å². The van der Waals surface area contributed by atoms with E-state index >= 15 is 0 Å². The number of rotatable bonds is 3. The van der Waals surface area contributed by atoms with E-state index in [2.05, 4.69) is 10.3 Å². The number of aromatic nitrogens is 2. The van der Waals surface area contributed by atoms with Crippen molar-refractivity contribution in [2.75, 3.05) is 0 Å². The predicted octanol–water partition coefficient (Wildman–Crippen LogP) is 3.20. The number of benzene rings is 2. The number of nitrogens with zero attached hydrogens (tertiary/aromatic N) is 2. The first kappa shape index (κ1) is 14.3. The molecule has 0 saturated carbocycles. The van der Waals surface area contributed by atoms with Crippen LogP contribution in [0.1, 0.15) is 29.1 Å². The number of para-hydroxylation sites is 2. The van der Waals surface area contributed by atoms with Crippen molar-refractivity contribution in [3.05, 3.63) is 65.7 Å².